The molecule has 1 aromatic rings. The number of guanidine groups is 1. The summed E-state index contributed by atoms with van der Waals surface area (Å²) in [5.74, 6) is 0.812. The molecule has 1 fully saturated rings. The number of aliphatic imine (C=N–C) groups is 1. The molecule has 0 aliphatic carbocycles. The average Bonchev–Trinajstić information content (AvgIpc) is 2.69. The Morgan fingerprint density at radius 1 is 1.18 bits per heavy atom. The number of nitrogens with one attached hydrogen (secondary N) is 2. The third kappa shape index (κ3) is 7.68. The third-order valence-corrected chi connectivity index (χ3v) is 4.43. The van der Waals surface area contributed by atoms with E-state index in [-0.39, 0.29) is 17.7 Å². The van der Waals surface area contributed by atoms with E-state index in [1.54, 1.807) is 0 Å². The van der Waals surface area contributed by atoms with Gasteiger partial charge in [-0.05, 0) is 24.8 Å². The minimum absolute atomic E-state index is 0.0795. The smallest absolute Gasteiger partial charge is 0.229 e. The summed E-state index contributed by atoms with van der Waals surface area (Å²) in [4.78, 5) is 29.6. The summed E-state index contributed by atoms with van der Waals surface area (Å²) < 4.78 is 5.77. The van der Waals surface area contributed by atoms with Gasteiger partial charge in [0.15, 0.2) is 5.96 Å². The molecule has 2 amide bonds. The highest BCUT2D eigenvalue weighted by Crippen LogP contribution is 2.11. The van der Waals surface area contributed by atoms with Gasteiger partial charge in [-0.1, -0.05) is 37.3 Å². The summed E-state index contributed by atoms with van der Waals surface area (Å²) in [5, 5.41) is 6.39. The minimum Gasteiger partial charge on any atom is -0.376 e. The monoisotopic (exact) mass is 388 g/mol. The maximum atomic E-state index is 11.8. The van der Waals surface area contributed by atoms with E-state index in [0.29, 0.717) is 58.1 Å². The molecule has 1 aliphatic heterocycles. The lowest BCUT2D eigenvalue weighted by Gasteiger charge is -2.25. The number of hydrogen-bond acceptors (Lipinski definition) is 4. The molecule has 1 aromatic carbocycles. The number of carbonyl (C=O) groups excluding carboxylic acids is 2. The van der Waals surface area contributed by atoms with E-state index in [0.717, 1.165) is 12.1 Å². The van der Waals surface area contributed by atoms with Crippen molar-refractivity contribution in [2.45, 2.75) is 39.7 Å². The van der Waals surface area contributed by atoms with E-state index >= 15 is 0 Å². The van der Waals surface area contributed by atoms with Crippen LogP contribution in [0.4, 0.5) is 0 Å². The van der Waals surface area contributed by atoms with Crippen LogP contribution in [0.25, 0.3) is 0 Å². The normalized spacial score (nSPS) is 16.2. The van der Waals surface area contributed by atoms with Crippen LogP contribution in [-0.2, 0) is 20.9 Å². The van der Waals surface area contributed by atoms with Crippen molar-refractivity contribution >= 4 is 17.8 Å². The molecular weight excluding hydrogens is 356 g/mol. The standard InChI is InChI=1S/C21H32N4O3/c1-3-22-21(23-12-13-25-19(26)10-7-11-20(25)27)24-14-17(2)15-28-16-18-8-5-4-6-9-18/h4-6,8-9,17H,3,7,10-16H2,1-2H3,(H2,22,23,24). The Hall–Kier alpha value is -2.41. The molecule has 1 saturated heterocycles. The van der Waals surface area contributed by atoms with Crippen LogP contribution in [0.1, 0.15) is 38.7 Å². The van der Waals surface area contributed by atoms with Gasteiger partial charge in [0, 0.05) is 39.0 Å². The van der Waals surface area contributed by atoms with Crippen LogP contribution in [0.2, 0.25) is 0 Å². The van der Waals surface area contributed by atoms with Crippen molar-refractivity contribution in [1.29, 1.82) is 0 Å². The first-order valence-electron chi connectivity index (χ1n) is 10.1. The van der Waals surface area contributed by atoms with Gasteiger partial charge in [-0.15, -0.1) is 0 Å². The number of ether oxygens (including phenoxy) is 1. The molecular formula is C21H32N4O3. The summed E-state index contributed by atoms with van der Waals surface area (Å²) >= 11 is 0. The summed E-state index contributed by atoms with van der Waals surface area (Å²) in [6, 6.07) is 10.1. The van der Waals surface area contributed by atoms with Crippen molar-refractivity contribution in [3.8, 4) is 0 Å². The molecule has 0 radical (unpaired) electrons. The number of amides is 2. The molecule has 0 spiro atoms. The second kappa shape index (κ2) is 12.1. The van der Waals surface area contributed by atoms with Crippen molar-refractivity contribution in [1.82, 2.24) is 15.5 Å². The maximum Gasteiger partial charge on any atom is 0.229 e. The average molecular weight is 389 g/mol. The van der Waals surface area contributed by atoms with E-state index in [1.165, 1.54) is 4.90 Å². The highest BCUT2D eigenvalue weighted by atomic mass is 16.5. The molecule has 2 rings (SSSR count). The maximum absolute atomic E-state index is 11.8. The molecule has 1 aliphatic rings. The predicted molar refractivity (Wildman–Crippen MR) is 110 cm³/mol. The molecule has 0 aromatic heterocycles. The number of hydrogen-bond donors (Lipinski definition) is 2. The van der Waals surface area contributed by atoms with Gasteiger partial charge < -0.3 is 15.4 Å². The van der Waals surface area contributed by atoms with Crippen LogP contribution in [-0.4, -0.2) is 55.5 Å². The fourth-order valence-corrected chi connectivity index (χ4v) is 2.93. The lowest BCUT2D eigenvalue weighted by atomic mass is 10.1. The van der Waals surface area contributed by atoms with Crippen LogP contribution in [0.15, 0.2) is 35.3 Å². The molecule has 7 nitrogen and oxygen atoms in total. The van der Waals surface area contributed by atoms with Gasteiger partial charge in [0.1, 0.15) is 0 Å². The predicted octanol–water partition coefficient (Wildman–Crippen LogP) is 1.93. The Morgan fingerprint density at radius 3 is 2.57 bits per heavy atom. The van der Waals surface area contributed by atoms with Gasteiger partial charge in [0.05, 0.1) is 13.2 Å². The zero-order valence-corrected chi connectivity index (χ0v) is 16.9. The molecule has 1 atom stereocenters. The zero-order valence-electron chi connectivity index (χ0n) is 16.9. The van der Waals surface area contributed by atoms with Gasteiger partial charge >= 0.3 is 0 Å². The van der Waals surface area contributed by atoms with Crippen molar-refractivity contribution < 1.29 is 14.3 Å². The number of likely N-dealkylation sites (tertiary alicyclic amines) is 1. The summed E-state index contributed by atoms with van der Waals surface area (Å²) in [5.41, 5.74) is 1.16. The lowest BCUT2D eigenvalue weighted by Crippen LogP contribution is -2.46. The quantitative estimate of drug-likeness (QED) is 0.364. The summed E-state index contributed by atoms with van der Waals surface area (Å²) in [7, 11) is 0. The first kappa shape index (κ1) is 21.9. The topological polar surface area (TPSA) is 83.0 Å². The van der Waals surface area contributed by atoms with Gasteiger partial charge in [0.2, 0.25) is 11.8 Å². The Kier molecular flexibility index (Phi) is 9.48. The van der Waals surface area contributed by atoms with Gasteiger partial charge in [-0.3, -0.25) is 19.5 Å². The number of rotatable bonds is 10. The lowest BCUT2D eigenvalue weighted by molar-refractivity contribution is -0.147. The number of piperidine rings is 1. The first-order chi connectivity index (χ1) is 13.6. The Bertz CT molecular complexity index is 632. The van der Waals surface area contributed by atoms with E-state index in [9.17, 15) is 9.59 Å². The second-order valence-corrected chi connectivity index (χ2v) is 7.04. The SMILES string of the molecule is CCNC(=NCC(C)COCc1ccccc1)NCCN1C(=O)CCCC1=O. The third-order valence-electron chi connectivity index (χ3n) is 4.43. The molecule has 1 heterocycles. The number of nitrogens with zero attached hydrogens (tertiary/aromatic N) is 2. The van der Waals surface area contributed by atoms with Gasteiger partial charge in [0.25, 0.3) is 0 Å². The van der Waals surface area contributed by atoms with Gasteiger partial charge in [-0.2, -0.15) is 0 Å². The zero-order chi connectivity index (χ0) is 20.2. The number of imide groups is 1. The Morgan fingerprint density at radius 2 is 1.89 bits per heavy atom. The van der Waals surface area contributed by atoms with E-state index < -0.39 is 0 Å². The van der Waals surface area contributed by atoms with Crippen LogP contribution in [0.3, 0.4) is 0 Å². The highest BCUT2D eigenvalue weighted by molar-refractivity contribution is 5.97. The van der Waals surface area contributed by atoms with Crippen molar-refractivity contribution in [3.05, 3.63) is 35.9 Å². The Balaban J connectivity index is 1.71. The molecule has 2 N–H and O–H groups in total. The van der Waals surface area contributed by atoms with Crippen LogP contribution in [0.5, 0.6) is 0 Å². The molecule has 0 bridgehead atoms. The van der Waals surface area contributed by atoms with Crippen LogP contribution >= 0.6 is 0 Å². The van der Waals surface area contributed by atoms with Crippen molar-refractivity contribution in [3.63, 3.8) is 0 Å². The van der Waals surface area contributed by atoms with Crippen LogP contribution < -0.4 is 10.6 Å². The molecule has 28 heavy (non-hydrogen) atoms. The number of benzene rings is 1. The first-order valence-corrected chi connectivity index (χ1v) is 10.1. The van der Waals surface area contributed by atoms with Crippen LogP contribution in [0, 0.1) is 5.92 Å². The largest absolute Gasteiger partial charge is 0.376 e. The van der Waals surface area contributed by atoms with Crippen molar-refractivity contribution in [2.24, 2.45) is 10.9 Å². The summed E-state index contributed by atoms with van der Waals surface area (Å²) in [6.45, 7) is 7.57. The molecule has 7 heteroatoms. The Labute approximate surface area is 167 Å². The second-order valence-electron chi connectivity index (χ2n) is 7.04. The van der Waals surface area contributed by atoms with E-state index in [1.807, 2.05) is 37.3 Å². The minimum atomic E-state index is -0.0795. The fraction of sp³-hybridized carbons (Fsp3) is 0.571. The van der Waals surface area contributed by atoms with E-state index in [4.69, 9.17) is 4.74 Å². The fourth-order valence-electron chi connectivity index (χ4n) is 2.93. The molecule has 1 unspecified atom stereocenters. The molecule has 0 saturated carbocycles. The highest BCUT2D eigenvalue weighted by Gasteiger charge is 2.25. The van der Waals surface area contributed by atoms with E-state index in [2.05, 4.69) is 22.5 Å². The summed E-state index contributed by atoms with van der Waals surface area (Å²) in [6.07, 6.45) is 1.58. The number of carbonyl (C=O) groups is 2. The van der Waals surface area contributed by atoms with Crippen molar-refractivity contribution in [2.75, 3.05) is 32.8 Å². The van der Waals surface area contributed by atoms with Gasteiger partial charge in [-0.25, -0.2) is 0 Å². The molecule has 154 valence electrons.